The molecule has 1 aliphatic heterocycles. The minimum absolute atomic E-state index is 0.164. The second-order valence-corrected chi connectivity index (χ2v) is 6.68. The van der Waals surface area contributed by atoms with Crippen LogP contribution in [-0.2, 0) is 11.3 Å². The fourth-order valence-electron chi connectivity index (χ4n) is 3.21. The van der Waals surface area contributed by atoms with Gasteiger partial charge >= 0.3 is 0 Å². The largest absolute Gasteiger partial charge is 0.357 e. The highest BCUT2D eigenvalue weighted by Gasteiger charge is 2.26. The number of rotatable bonds is 7. The van der Waals surface area contributed by atoms with Crippen molar-refractivity contribution in [1.29, 1.82) is 0 Å². The number of hydrogen-bond acceptors (Lipinski definition) is 5. The van der Waals surface area contributed by atoms with E-state index in [4.69, 9.17) is 4.52 Å². The summed E-state index contributed by atoms with van der Waals surface area (Å²) in [5.41, 5.74) is 0. The average molecular weight is 364 g/mol. The van der Waals surface area contributed by atoms with E-state index in [2.05, 4.69) is 39.6 Å². The summed E-state index contributed by atoms with van der Waals surface area (Å²) in [6.45, 7) is 10.7. The Labute approximate surface area is 155 Å². The number of piperidine rings is 1. The van der Waals surface area contributed by atoms with Crippen LogP contribution in [-0.4, -0.2) is 52.6 Å². The third kappa shape index (κ3) is 5.71. The van der Waals surface area contributed by atoms with E-state index in [0.717, 1.165) is 51.3 Å². The molecule has 0 atom stereocenters. The SMILES string of the molecule is CCNC(=NCc1noc(C)n1)NC1CCN(C(=O)C(CC)CC)CC1. The molecular formula is C18H32N6O2. The second kappa shape index (κ2) is 10.1. The number of hydrogen-bond donors (Lipinski definition) is 2. The summed E-state index contributed by atoms with van der Waals surface area (Å²) in [6.07, 6.45) is 3.69. The van der Waals surface area contributed by atoms with E-state index < -0.39 is 0 Å². The smallest absolute Gasteiger partial charge is 0.225 e. The number of aliphatic imine (C=N–C) groups is 1. The van der Waals surface area contributed by atoms with Crippen molar-refractivity contribution in [3.8, 4) is 0 Å². The fourth-order valence-corrected chi connectivity index (χ4v) is 3.21. The summed E-state index contributed by atoms with van der Waals surface area (Å²) >= 11 is 0. The number of carbonyl (C=O) groups excluding carboxylic acids is 1. The molecule has 1 saturated heterocycles. The maximum absolute atomic E-state index is 12.5. The van der Waals surface area contributed by atoms with E-state index in [1.807, 2.05) is 11.8 Å². The normalized spacial score (nSPS) is 16.2. The van der Waals surface area contributed by atoms with Crippen molar-refractivity contribution in [2.45, 2.75) is 66.0 Å². The molecule has 0 unspecified atom stereocenters. The Balaban J connectivity index is 1.85. The van der Waals surface area contributed by atoms with Crippen molar-refractivity contribution in [2.24, 2.45) is 10.9 Å². The Hall–Kier alpha value is -2.12. The third-order valence-electron chi connectivity index (χ3n) is 4.77. The van der Waals surface area contributed by atoms with Crippen LogP contribution >= 0.6 is 0 Å². The van der Waals surface area contributed by atoms with Gasteiger partial charge in [-0.1, -0.05) is 19.0 Å². The molecule has 0 aromatic carbocycles. The first kappa shape index (κ1) is 20.2. The first-order valence-corrected chi connectivity index (χ1v) is 9.70. The van der Waals surface area contributed by atoms with Gasteiger partial charge in [-0.05, 0) is 32.6 Å². The minimum Gasteiger partial charge on any atom is -0.357 e. The Kier molecular flexibility index (Phi) is 7.87. The van der Waals surface area contributed by atoms with E-state index in [1.54, 1.807) is 6.92 Å². The second-order valence-electron chi connectivity index (χ2n) is 6.68. The summed E-state index contributed by atoms with van der Waals surface area (Å²) in [6, 6.07) is 0.311. The molecule has 0 aliphatic carbocycles. The summed E-state index contributed by atoms with van der Waals surface area (Å²) in [5.74, 6) is 2.34. The van der Waals surface area contributed by atoms with Crippen molar-refractivity contribution >= 4 is 11.9 Å². The van der Waals surface area contributed by atoms with Gasteiger partial charge < -0.3 is 20.1 Å². The first-order valence-electron chi connectivity index (χ1n) is 9.70. The number of nitrogens with zero attached hydrogens (tertiary/aromatic N) is 4. The Morgan fingerprint density at radius 3 is 2.54 bits per heavy atom. The van der Waals surface area contributed by atoms with Gasteiger partial charge in [-0.2, -0.15) is 4.98 Å². The zero-order valence-corrected chi connectivity index (χ0v) is 16.4. The highest BCUT2D eigenvalue weighted by molar-refractivity contribution is 5.80. The Morgan fingerprint density at radius 1 is 1.31 bits per heavy atom. The monoisotopic (exact) mass is 364 g/mol. The molecule has 2 rings (SSSR count). The van der Waals surface area contributed by atoms with Crippen molar-refractivity contribution in [3.05, 3.63) is 11.7 Å². The molecular weight excluding hydrogens is 332 g/mol. The molecule has 1 fully saturated rings. The van der Waals surface area contributed by atoms with Crippen molar-refractivity contribution in [3.63, 3.8) is 0 Å². The molecule has 146 valence electrons. The number of amides is 1. The lowest BCUT2D eigenvalue weighted by Crippen LogP contribution is -2.50. The van der Waals surface area contributed by atoms with Gasteiger partial charge in [0.05, 0.1) is 0 Å². The van der Waals surface area contributed by atoms with Crippen molar-refractivity contribution < 1.29 is 9.32 Å². The number of likely N-dealkylation sites (tertiary alicyclic amines) is 1. The minimum atomic E-state index is 0.164. The van der Waals surface area contributed by atoms with E-state index in [0.29, 0.717) is 30.2 Å². The topological polar surface area (TPSA) is 95.7 Å². The number of nitrogens with one attached hydrogen (secondary N) is 2. The molecule has 0 saturated carbocycles. The summed E-state index contributed by atoms with van der Waals surface area (Å²) < 4.78 is 4.97. The fraction of sp³-hybridized carbons (Fsp3) is 0.778. The highest BCUT2D eigenvalue weighted by atomic mass is 16.5. The lowest BCUT2D eigenvalue weighted by atomic mass is 9.98. The van der Waals surface area contributed by atoms with E-state index in [9.17, 15) is 4.79 Å². The predicted molar refractivity (Wildman–Crippen MR) is 101 cm³/mol. The summed E-state index contributed by atoms with van der Waals surface area (Å²) in [4.78, 5) is 23.2. The molecule has 8 heteroatoms. The standard InChI is InChI=1S/C18H32N6O2/c1-5-14(6-2)17(25)24-10-8-15(9-11-24)22-18(19-7-3)20-12-16-21-13(4)26-23-16/h14-15H,5-12H2,1-4H3,(H2,19,20,22). The number of guanidine groups is 1. The Morgan fingerprint density at radius 2 is 2.00 bits per heavy atom. The lowest BCUT2D eigenvalue weighted by molar-refractivity contribution is -0.136. The zero-order valence-electron chi connectivity index (χ0n) is 16.4. The lowest BCUT2D eigenvalue weighted by Gasteiger charge is -2.34. The predicted octanol–water partition coefficient (Wildman–Crippen LogP) is 1.86. The van der Waals surface area contributed by atoms with Crippen LogP contribution in [0.2, 0.25) is 0 Å². The summed E-state index contributed by atoms with van der Waals surface area (Å²) in [5, 5.41) is 10.6. The van der Waals surface area contributed by atoms with Crippen molar-refractivity contribution in [1.82, 2.24) is 25.7 Å². The molecule has 0 bridgehead atoms. The highest BCUT2D eigenvalue weighted by Crippen LogP contribution is 2.17. The van der Waals surface area contributed by atoms with Crippen LogP contribution in [0.5, 0.6) is 0 Å². The van der Waals surface area contributed by atoms with Gasteiger partial charge in [0.1, 0.15) is 6.54 Å². The maximum Gasteiger partial charge on any atom is 0.225 e. The van der Waals surface area contributed by atoms with Crippen LogP contribution in [0.15, 0.2) is 9.52 Å². The van der Waals surface area contributed by atoms with Gasteiger partial charge in [-0.3, -0.25) is 4.79 Å². The number of aryl methyl sites for hydroxylation is 1. The zero-order chi connectivity index (χ0) is 18.9. The average Bonchev–Trinajstić information content (AvgIpc) is 3.07. The van der Waals surface area contributed by atoms with E-state index in [-0.39, 0.29) is 5.92 Å². The van der Waals surface area contributed by atoms with Crippen molar-refractivity contribution in [2.75, 3.05) is 19.6 Å². The van der Waals surface area contributed by atoms with Crippen LogP contribution in [0.3, 0.4) is 0 Å². The molecule has 8 nitrogen and oxygen atoms in total. The van der Waals surface area contributed by atoms with Gasteiger partial charge in [-0.15, -0.1) is 0 Å². The molecule has 2 N–H and O–H groups in total. The third-order valence-corrected chi connectivity index (χ3v) is 4.77. The van der Waals surface area contributed by atoms with Gasteiger partial charge in [0, 0.05) is 38.5 Å². The molecule has 1 aliphatic rings. The van der Waals surface area contributed by atoms with Gasteiger partial charge in [0.25, 0.3) is 0 Å². The molecule has 0 radical (unpaired) electrons. The Bertz CT molecular complexity index is 588. The van der Waals surface area contributed by atoms with E-state index >= 15 is 0 Å². The van der Waals surface area contributed by atoms with E-state index in [1.165, 1.54) is 0 Å². The maximum atomic E-state index is 12.5. The van der Waals surface area contributed by atoms with Crippen LogP contribution in [0, 0.1) is 12.8 Å². The molecule has 1 aromatic rings. The van der Waals surface area contributed by atoms with Crippen LogP contribution in [0.4, 0.5) is 0 Å². The van der Waals surface area contributed by atoms with Crippen LogP contribution in [0.25, 0.3) is 0 Å². The number of aromatic nitrogens is 2. The number of carbonyl (C=O) groups is 1. The molecule has 2 heterocycles. The first-order chi connectivity index (χ1) is 12.6. The van der Waals surface area contributed by atoms with Gasteiger partial charge in [0.15, 0.2) is 11.8 Å². The molecule has 1 aromatic heterocycles. The molecule has 1 amide bonds. The van der Waals surface area contributed by atoms with Gasteiger partial charge in [-0.25, -0.2) is 4.99 Å². The van der Waals surface area contributed by atoms with Crippen LogP contribution < -0.4 is 10.6 Å². The molecule has 0 spiro atoms. The summed E-state index contributed by atoms with van der Waals surface area (Å²) in [7, 11) is 0. The quantitative estimate of drug-likeness (QED) is 0.566. The van der Waals surface area contributed by atoms with Gasteiger partial charge in [0.2, 0.25) is 11.8 Å². The van der Waals surface area contributed by atoms with Crippen LogP contribution in [0.1, 0.15) is 58.2 Å². The molecule has 26 heavy (non-hydrogen) atoms.